The number of alkyl halides is 3. The van der Waals surface area contributed by atoms with E-state index in [0.717, 1.165) is 4.31 Å². The van der Waals surface area contributed by atoms with Gasteiger partial charge in [-0.3, -0.25) is 0 Å². The summed E-state index contributed by atoms with van der Waals surface area (Å²) >= 11 is 0. The van der Waals surface area contributed by atoms with Gasteiger partial charge in [0.05, 0.1) is 22.4 Å². The molecule has 1 atom stereocenters. The maximum Gasteiger partial charge on any atom is 0.393 e. The molecule has 114 valence electrons. The van der Waals surface area contributed by atoms with E-state index in [-0.39, 0.29) is 24.3 Å². The predicted octanol–water partition coefficient (Wildman–Crippen LogP) is 2.52. The summed E-state index contributed by atoms with van der Waals surface area (Å²) in [6, 6.07) is 7.00. The van der Waals surface area contributed by atoms with Gasteiger partial charge >= 0.3 is 6.18 Å². The number of halogens is 3. The van der Waals surface area contributed by atoms with E-state index in [0.29, 0.717) is 5.56 Å². The molecule has 0 bridgehead atoms. The van der Waals surface area contributed by atoms with Gasteiger partial charge in [0, 0.05) is 13.1 Å². The maximum absolute atomic E-state index is 12.7. The van der Waals surface area contributed by atoms with Crippen LogP contribution in [-0.2, 0) is 10.0 Å². The van der Waals surface area contributed by atoms with Crippen molar-refractivity contribution in [1.82, 2.24) is 4.31 Å². The number of hydrogen-bond acceptors (Lipinski definition) is 3. The van der Waals surface area contributed by atoms with Crippen LogP contribution in [0.25, 0.3) is 0 Å². The number of benzene rings is 1. The van der Waals surface area contributed by atoms with Gasteiger partial charge in [0.25, 0.3) is 0 Å². The summed E-state index contributed by atoms with van der Waals surface area (Å²) in [5.41, 5.74) is 0.292. The van der Waals surface area contributed by atoms with Crippen LogP contribution in [0.2, 0.25) is 0 Å². The molecule has 1 heterocycles. The lowest BCUT2D eigenvalue weighted by Gasteiger charge is -2.32. The van der Waals surface area contributed by atoms with Crippen LogP contribution in [0.5, 0.6) is 0 Å². The second kappa shape index (κ2) is 5.66. The van der Waals surface area contributed by atoms with Crippen LogP contribution in [-0.4, -0.2) is 32.0 Å². The third kappa shape index (κ3) is 3.36. The molecular formula is C13H13F3N2O2S. The van der Waals surface area contributed by atoms with Crippen molar-refractivity contribution in [3.8, 4) is 6.07 Å². The first-order chi connectivity index (χ1) is 9.75. The topological polar surface area (TPSA) is 61.2 Å². The Bertz CT molecular complexity index is 647. The molecule has 1 aromatic rings. The van der Waals surface area contributed by atoms with Crippen molar-refractivity contribution in [2.45, 2.75) is 23.9 Å². The molecule has 8 heteroatoms. The van der Waals surface area contributed by atoms with Crippen LogP contribution >= 0.6 is 0 Å². The van der Waals surface area contributed by atoms with E-state index >= 15 is 0 Å². The third-order valence-electron chi connectivity index (χ3n) is 3.47. The average Bonchev–Trinajstić information content (AvgIpc) is 2.46. The van der Waals surface area contributed by atoms with Crippen molar-refractivity contribution in [3.05, 3.63) is 29.8 Å². The van der Waals surface area contributed by atoms with Crippen molar-refractivity contribution in [3.63, 3.8) is 0 Å². The number of nitrogens with zero attached hydrogens (tertiary/aromatic N) is 2. The summed E-state index contributed by atoms with van der Waals surface area (Å²) in [6.07, 6.45) is -4.26. The Labute approximate surface area is 120 Å². The molecule has 4 nitrogen and oxygen atoms in total. The summed E-state index contributed by atoms with van der Waals surface area (Å²) in [5.74, 6) is -1.63. The second-order valence-corrected chi connectivity index (χ2v) is 6.82. The van der Waals surface area contributed by atoms with E-state index in [4.69, 9.17) is 5.26 Å². The van der Waals surface area contributed by atoms with E-state index in [2.05, 4.69) is 0 Å². The third-order valence-corrected chi connectivity index (χ3v) is 5.35. The largest absolute Gasteiger partial charge is 0.393 e. The molecule has 0 saturated carbocycles. The fourth-order valence-corrected chi connectivity index (χ4v) is 3.80. The first-order valence-electron chi connectivity index (χ1n) is 6.32. The van der Waals surface area contributed by atoms with Crippen molar-refractivity contribution >= 4 is 10.0 Å². The van der Waals surface area contributed by atoms with Gasteiger partial charge < -0.3 is 0 Å². The zero-order valence-corrected chi connectivity index (χ0v) is 11.8. The van der Waals surface area contributed by atoms with Crippen molar-refractivity contribution in [2.24, 2.45) is 5.92 Å². The van der Waals surface area contributed by atoms with Gasteiger partial charge in [0.1, 0.15) is 0 Å². The van der Waals surface area contributed by atoms with Crippen molar-refractivity contribution < 1.29 is 21.6 Å². The standard InChI is InChI=1S/C13H13F3N2O2S/c14-13(15,16)11-2-1-7-18(9-11)21(19,20)12-5-3-10(8-17)4-6-12/h3-6,11H,1-2,7,9H2/t11-/m1/s1. The summed E-state index contributed by atoms with van der Waals surface area (Å²) in [5, 5.41) is 8.67. The minimum Gasteiger partial charge on any atom is -0.207 e. The van der Waals surface area contributed by atoms with Crippen molar-refractivity contribution in [2.75, 3.05) is 13.1 Å². The number of piperidine rings is 1. The Morgan fingerprint density at radius 3 is 2.38 bits per heavy atom. The molecule has 2 rings (SSSR count). The Balaban J connectivity index is 2.24. The lowest BCUT2D eigenvalue weighted by atomic mass is 9.99. The lowest BCUT2D eigenvalue weighted by Crippen LogP contribution is -2.44. The van der Waals surface area contributed by atoms with Gasteiger partial charge in [-0.1, -0.05) is 0 Å². The van der Waals surface area contributed by atoms with Gasteiger partial charge in [0.2, 0.25) is 10.0 Å². The van der Waals surface area contributed by atoms with E-state index in [1.807, 2.05) is 6.07 Å². The first kappa shape index (κ1) is 15.8. The van der Waals surface area contributed by atoms with Gasteiger partial charge in [-0.2, -0.15) is 22.7 Å². The smallest absolute Gasteiger partial charge is 0.207 e. The van der Waals surface area contributed by atoms with Crippen molar-refractivity contribution in [1.29, 1.82) is 5.26 Å². The molecule has 0 aromatic heterocycles. The molecule has 21 heavy (non-hydrogen) atoms. The molecule has 0 amide bonds. The van der Waals surface area contributed by atoms with Crippen LogP contribution in [0.3, 0.4) is 0 Å². The molecular weight excluding hydrogens is 305 g/mol. The van der Waals surface area contributed by atoms with Crippen LogP contribution < -0.4 is 0 Å². The highest BCUT2D eigenvalue weighted by molar-refractivity contribution is 7.89. The average molecular weight is 318 g/mol. The predicted molar refractivity (Wildman–Crippen MR) is 68.7 cm³/mol. The highest BCUT2D eigenvalue weighted by Gasteiger charge is 2.44. The Morgan fingerprint density at radius 2 is 1.86 bits per heavy atom. The van der Waals surface area contributed by atoms with Gasteiger partial charge in [0.15, 0.2) is 0 Å². The van der Waals surface area contributed by atoms with E-state index in [1.165, 1.54) is 24.3 Å². The molecule has 0 aliphatic carbocycles. The summed E-state index contributed by atoms with van der Waals surface area (Å²) in [4.78, 5) is -0.0932. The summed E-state index contributed by atoms with van der Waals surface area (Å²) < 4.78 is 63.8. The van der Waals surface area contributed by atoms with E-state index in [1.54, 1.807) is 0 Å². The molecule has 1 fully saturated rings. The number of sulfonamides is 1. The minimum atomic E-state index is -4.39. The normalized spacial score (nSPS) is 21.0. The first-order valence-corrected chi connectivity index (χ1v) is 7.76. The minimum absolute atomic E-state index is 0.0527. The molecule has 1 saturated heterocycles. The molecule has 0 spiro atoms. The van der Waals surface area contributed by atoms with Gasteiger partial charge in [-0.05, 0) is 37.1 Å². The van der Waals surface area contributed by atoms with Crippen LogP contribution in [0, 0.1) is 17.2 Å². The van der Waals surface area contributed by atoms with E-state index < -0.39 is 28.7 Å². The molecule has 1 aromatic carbocycles. The van der Waals surface area contributed by atoms with E-state index in [9.17, 15) is 21.6 Å². The number of nitriles is 1. The Kier molecular flexibility index (Phi) is 4.25. The molecule has 0 unspecified atom stereocenters. The number of hydrogen-bond donors (Lipinski definition) is 0. The monoisotopic (exact) mass is 318 g/mol. The quantitative estimate of drug-likeness (QED) is 0.842. The lowest BCUT2D eigenvalue weighted by molar-refractivity contribution is -0.182. The fourth-order valence-electron chi connectivity index (χ4n) is 2.28. The molecule has 0 N–H and O–H groups in total. The SMILES string of the molecule is N#Cc1ccc(S(=O)(=O)N2CCC[C@@H](C(F)(F)F)C2)cc1. The van der Waals surface area contributed by atoms with Crippen LogP contribution in [0.4, 0.5) is 13.2 Å². The van der Waals surface area contributed by atoms with Crippen LogP contribution in [0.1, 0.15) is 18.4 Å². The second-order valence-electron chi connectivity index (χ2n) is 4.88. The number of rotatable bonds is 2. The zero-order chi connectivity index (χ0) is 15.7. The van der Waals surface area contributed by atoms with Gasteiger partial charge in [-0.25, -0.2) is 8.42 Å². The highest BCUT2D eigenvalue weighted by atomic mass is 32.2. The Morgan fingerprint density at radius 1 is 1.24 bits per heavy atom. The molecule has 0 radical (unpaired) electrons. The Hall–Kier alpha value is -1.59. The van der Waals surface area contributed by atoms with Crippen LogP contribution in [0.15, 0.2) is 29.2 Å². The zero-order valence-electron chi connectivity index (χ0n) is 11.0. The summed E-state index contributed by atoms with van der Waals surface area (Å²) in [7, 11) is -3.96. The fraction of sp³-hybridized carbons (Fsp3) is 0.462. The molecule has 1 aliphatic heterocycles. The van der Waals surface area contributed by atoms with Gasteiger partial charge in [-0.15, -0.1) is 0 Å². The summed E-state index contributed by atoms with van der Waals surface area (Å²) in [6.45, 7) is -0.471. The highest BCUT2D eigenvalue weighted by Crippen LogP contribution is 2.34. The molecule has 1 aliphatic rings. The maximum atomic E-state index is 12.7.